The molecule has 1 aliphatic rings. The third-order valence-corrected chi connectivity index (χ3v) is 8.71. The number of para-hydroxylation sites is 2. The summed E-state index contributed by atoms with van der Waals surface area (Å²) in [4.78, 5) is 4.37. The van der Waals surface area contributed by atoms with Gasteiger partial charge in [-0.3, -0.25) is 4.57 Å². The van der Waals surface area contributed by atoms with E-state index in [1.54, 1.807) is 38.1 Å². The Bertz CT molecular complexity index is 3430. The molecule has 0 atom stereocenters. The van der Waals surface area contributed by atoms with Gasteiger partial charge in [-0.1, -0.05) is 130 Å². The largest absolute Gasteiger partial charge is 0.296 e. The summed E-state index contributed by atoms with van der Waals surface area (Å²) in [5.41, 5.74) is -1.34. The van der Waals surface area contributed by atoms with E-state index in [0.29, 0.717) is 11.0 Å². The van der Waals surface area contributed by atoms with E-state index in [1.807, 2.05) is 0 Å². The number of imidazole rings is 1. The minimum atomic E-state index is -3.14. The van der Waals surface area contributed by atoms with Crippen LogP contribution in [0.5, 0.6) is 0 Å². The minimum absolute atomic E-state index is 0.0115. The molecule has 2 heteroatoms. The SMILES string of the molecule is [2H]c1c([2H])c([2H])c2c(c1[2H])-c1c([2H])c([2H])c(-c3c4c([2H])c([2H])c([2H])c([2H])c4c(-c4ccc(-n5c(C([2H])([2H])C([2H])([2H])[2H])nc6ccccc65)cc4)c4c([2H])c([2H])c([2H])c([2H])c34)c([2H])c1C2(C)C. The molecule has 2 nitrogen and oxygen atoms in total. The molecule has 0 unspecified atom stereocenters. The molecule has 0 N–H and O–H groups in total. The zero-order chi connectivity index (χ0) is 48.3. The molecule has 0 spiro atoms. The fraction of sp³-hybridized carbons (Fsp3) is 0.114. The molecule has 1 aliphatic carbocycles. The van der Waals surface area contributed by atoms with E-state index in [2.05, 4.69) is 4.98 Å². The van der Waals surface area contributed by atoms with Crippen molar-refractivity contribution in [3.63, 3.8) is 0 Å². The number of aromatic nitrogens is 2. The second kappa shape index (κ2) is 10.0. The Labute approximate surface area is 297 Å². The highest BCUT2D eigenvalue weighted by atomic mass is 15.1. The maximum atomic E-state index is 9.87. The van der Waals surface area contributed by atoms with Crippen molar-refractivity contribution in [3.8, 4) is 39.1 Å². The number of fused-ring (bicyclic) bond motifs is 6. The molecular weight excluding hydrogens is 556 g/mol. The van der Waals surface area contributed by atoms with Crippen LogP contribution < -0.4 is 0 Å². The molecule has 0 fully saturated rings. The van der Waals surface area contributed by atoms with Gasteiger partial charge in [-0.15, -0.1) is 0 Å². The Morgan fingerprint density at radius 1 is 0.674 bits per heavy atom. The van der Waals surface area contributed by atoms with Crippen LogP contribution in [0.1, 0.15) is 65.1 Å². The van der Waals surface area contributed by atoms with Gasteiger partial charge in [0.2, 0.25) is 0 Å². The fourth-order valence-electron chi connectivity index (χ4n) is 6.59. The molecule has 0 amide bonds. The molecule has 1 aromatic heterocycles. The molecule has 1 heterocycles. The molecule has 46 heavy (non-hydrogen) atoms. The van der Waals surface area contributed by atoms with Crippen LogP contribution in [0.25, 0.3) is 71.6 Å². The van der Waals surface area contributed by atoms with E-state index < -0.39 is 121 Å². The molecule has 7 aromatic carbocycles. The van der Waals surface area contributed by atoms with E-state index in [9.17, 15) is 9.60 Å². The van der Waals surface area contributed by atoms with Gasteiger partial charge in [0, 0.05) is 24.3 Å². The van der Waals surface area contributed by atoms with Gasteiger partial charge in [0.05, 0.1) is 31.6 Å². The third-order valence-electron chi connectivity index (χ3n) is 8.71. The topological polar surface area (TPSA) is 17.8 Å². The highest BCUT2D eigenvalue weighted by Crippen LogP contribution is 2.51. The molecule has 9 rings (SSSR count). The van der Waals surface area contributed by atoms with Crippen molar-refractivity contribution in [1.29, 1.82) is 0 Å². The van der Waals surface area contributed by atoms with E-state index >= 15 is 0 Å². The lowest BCUT2D eigenvalue weighted by molar-refractivity contribution is 0.660. The van der Waals surface area contributed by atoms with Gasteiger partial charge in [0.1, 0.15) is 5.82 Å². The van der Waals surface area contributed by atoms with Crippen LogP contribution in [-0.2, 0) is 11.8 Å². The maximum Gasteiger partial charge on any atom is 0.114 e. The Balaban J connectivity index is 1.44. The Hall–Kier alpha value is -5.47. The Kier molecular flexibility index (Phi) is 2.94. The van der Waals surface area contributed by atoms with Crippen LogP contribution in [0.3, 0.4) is 0 Å². The molecule has 220 valence electrons. The van der Waals surface area contributed by atoms with Crippen molar-refractivity contribution in [3.05, 3.63) is 156 Å². The highest BCUT2D eigenvalue weighted by molar-refractivity contribution is 6.21. The van der Waals surface area contributed by atoms with Crippen molar-refractivity contribution >= 4 is 32.6 Å². The maximum absolute atomic E-state index is 9.87. The van der Waals surface area contributed by atoms with Crippen LogP contribution in [-0.4, -0.2) is 9.55 Å². The first-order valence-electron chi connectivity index (χ1n) is 24.5. The fourth-order valence-corrected chi connectivity index (χ4v) is 6.59. The predicted molar refractivity (Wildman–Crippen MR) is 194 cm³/mol. The van der Waals surface area contributed by atoms with Crippen molar-refractivity contribution in [2.24, 2.45) is 0 Å². The monoisotopic (exact) mass is 610 g/mol. The van der Waals surface area contributed by atoms with Crippen LogP contribution in [0.15, 0.2) is 139 Å². The summed E-state index contributed by atoms with van der Waals surface area (Å²) in [6.45, 7) is 0.0508. The van der Waals surface area contributed by atoms with Gasteiger partial charge in [0.15, 0.2) is 0 Å². The van der Waals surface area contributed by atoms with Gasteiger partial charge in [-0.25, -0.2) is 4.98 Å². The number of hydrogen-bond acceptors (Lipinski definition) is 1. The number of benzene rings is 7. The summed E-state index contributed by atoms with van der Waals surface area (Å²) in [5, 5.41) is -1.21. The second-order valence-electron chi connectivity index (χ2n) is 11.6. The number of rotatable bonds is 4. The van der Waals surface area contributed by atoms with Gasteiger partial charge in [-0.05, 0) is 96.4 Å². The van der Waals surface area contributed by atoms with Crippen LogP contribution in [0, 0.1) is 0 Å². The predicted octanol–water partition coefficient (Wildman–Crippen LogP) is 11.5. The normalized spacial score (nSPS) is 20.1. The summed E-state index contributed by atoms with van der Waals surface area (Å²) >= 11 is 0. The van der Waals surface area contributed by atoms with Crippen molar-refractivity contribution in [2.75, 3.05) is 0 Å². The van der Waals surface area contributed by atoms with Crippen molar-refractivity contribution in [2.45, 2.75) is 32.5 Å². The Morgan fingerprint density at radius 2 is 1.28 bits per heavy atom. The Morgan fingerprint density at radius 3 is 1.98 bits per heavy atom. The molecule has 0 aliphatic heterocycles. The molecule has 0 saturated carbocycles. The van der Waals surface area contributed by atoms with Gasteiger partial charge < -0.3 is 0 Å². The smallest absolute Gasteiger partial charge is 0.114 e. The summed E-state index contributed by atoms with van der Waals surface area (Å²) in [5.74, 6) is -0.426. The zero-order valence-electron chi connectivity index (χ0n) is 44.5. The van der Waals surface area contributed by atoms with Crippen LogP contribution >= 0.6 is 0 Å². The van der Waals surface area contributed by atoms with Gasteiger partial charge in [0.25, 0.3) is 0 Å². The molecule has 0 saturated heterocycles. The van der Waals surface area contributed by atoms with E-state index in [-0.39, 0.29) is 66.2 Å². The molecule has 8 aromatic rings. The highest BCUT2D eigenvalue weighted by Gasteiger charge is 2.35. The molecule has 0 bridgehead atoms. The average Bonchev–Trinajstić information content (AvgIpc) is 3.79. The quantitative estimate of drug-likeness (QED) is 0.181. The summed E-state index contributed by atoms with van der Waals surface area (Å²) in [7, 11) is 0. The lowest BCUT2D eigenvalue weighted by atomic mass is 9.80. The number of hydrogen-bond donors (Lipinski definition) is 0. The number of nitrogens with zero attached hydrogens (tertiary/aromatic N) is 2. The number of aryl methyl sites for hydroxylation is 1. The first kappa shape index (κ1) is 13.5. The summed E-state index contributed by atoms with van der Waals surface area (Å²) in [6.07, 6.45) is -2.94. The minimum Gasteiger partial charge on any atom is -0.296 e. The molecular formula is C44H34N2. The van der Waals surface area contributed by atoms with Gasteiger partial charge in [-0.2, -0.15) is 0 Å². The first-order chi connectivity index (χ1) is 30.7. The van der Waals surface area contributed by atoms with Gasteiger partial charge >= 0.3 is 0 Å². The lowest BCUT2D eigenvalue weighted by Crippen LogP contribution is -2.14. The van der Waals surface area contributed by atoms with Crippen LogP contribution in [0.2, 0.25) is 0 Å². The van der Waals surface area contributed by atoms with Crippen molar-refractivity contribution in [1.82, 2.24) is 9.55 Å². The van der Waals surface area contributed by atoms with E-state index in [4.69, 9.17) is 17.8 Å². The standard InChI is InChI=1S/C44H34N2/c1-4-41-45-39-19-11-12-20-40(39)46(41)30-24-21-28(22-25-30)42-33-14-5-7-16-35(33)43(36-17-8-6-15-34(36)42)29-23-26-32-31-13-9-10-18-37(31)44(2,3)38(32)27-29/h5-27H,4H2,1-3H3/i1D3,4D2,5D,6D,7D,8D,9D,10D,13D,14D,15D,16D,17D,18D,23D,26D,27D. The van der Waals surface area contributed by atoms with Crippen LogP contribution in [0.4, 0.5) is 0 Å². The summed E-state index contributed by atoms with van der Waals surface area (Å²) < 4.78 is 179. The van der Waals surface area contributed by atoms with Crippen molar-refractivity contribution < 1.29 is 27.4 Å². The van der Waals surface area contributed by atoms with E-state index in [0.717, 1.165) is 0 Å². The van der Waals surface area contributed by atoms with E-state index in [1.165, 1.54) is 28.8 Å². The molecule has 0 radical (unpaired) electrons. The average molecular weight is 611 g/mol. The first-order valence-corrected chi connectivity index (χ1v) is 14.5. The lowest BCUT2D eigenvalue weighted by Gasteiger charge is -2.23. The third kappa shape index (κ3) is 3.80. The second-order valence-corrected chi connectivity index (χ2v) is 11.6. The summed E-state index contributed by atoms with van der Waals surface area (Å²) in [6, 6.07) is 3.02. The zero-order valence-corrected chi connectivity index (χ0v) is 24.5.